The number of rotatable bonds is 7. The van der Waals surface area contributed by atoms with E-state index in [2.05, 4.69) is 25.6 Å². The Labute approximate surface area is 126 Å². The first-order valence-electron chi connectivity index (χ1n) is 6.12. The monoisotopic (exact) mass is 344 g/mol. The minimum atomic E-state index is -0.422. The molecule has 0 saturated carbocycles. The minimum Gasteiger partial charge on any atom is -0.469 e. The van der Waals surface area contributed by atoms with Crippen LogP contribution in [0.4, 0.5) is 5.69 Å². The van der Waals surface area contributed by atoms with E-state index < -0.39 is 4.92 Å². The molecule has 0 fully saturated rings. The van der Waals surface area contributed by atoms with Gasteiger partial charge in [0.1, 0.15) is 0 Å². The van der Waals surface area contributed by atoms with Crippen LogP contribution in [-0.4, -0.2) is 36.5 Å². The van der Waals surface area contributed by atoms with E-state index in [1.54, 1.807) is 6.07 Å². The van der Waals surface area contributed by atoms with Crippen LogP contribution in [0.3, 0.4) is 0 Å². The molecule has 1 aromatic carbocycles. The fourth-order valence-corrected chi connectivity index (χ4v) is 2.24. The van der Waals surface area contributed by atoms with Crippen molar-refractivity contribution in [2.24, 2.45) is 0 Å². The zero-order valence-corrected chi connectivity index (χ0v) is 13.1. The second-order valence-corrected chi connectivity index (χ2v) is 5.30. The van der Waals surface area contributed by atoms with E-state index in [0.717, 1.165) is 12.1 Å². The molecule has 0 unspecified atom stereocenters. The quantitative estimate of drug-likeness (QED) is 0.432. The van der Waals surface area contributed by atoms with Gasteiger partial charge in [-0.25, -0.2) is 0 Å². The van der Waals surface area contributed by atoms with Gasteiger partial charge in [0, 0.05) is 29.6 Å². The highest BCUT2D eigenvalue weighted by atomic mass is 79.9. The Morgan fingerprint density at radius 1 is 1.50 bits per heavy atom. The molecule has 0 N–H and O–H groups in total. The molecule has 0 spiro atoms. The smallest absolute Gasteiger partial charge is 0.305 e. The number of esters is 1. The summed E-state index contributed by atoms with van der Waals surface area (Å²) in [6.45, 7) is 1.40. The number of hydrogen-bond donors (Lipinski definition) is 0. The number of nitro benzene ring substituents is 1. The number of nitrogens with zero attached hydrogens (tertiary/aromatic N) is 2. The Kier molecular flexibility index (Phi) is 6.60. The average molecular weight is 345 g/mol. The van der Waals surface area contributed by atoms with E-state index in [1.807, 2.05) is 7.05 Å². The lowest BCUT2D eigenvalue weighted by molar-refractivity contribution is -0.384. The third kappa shape index (κ3) is 5.26. The molecule has 0 aliphatic rings. The number of methoxy groups -OCH3 is 1. The van der Waals surface area contributed by atoms with Crippen LogP contribution in [0.25, 0.3) is 0 Å². The summed E-state index contributed by atoms with van der Waals surface area (Å²) in [5.74, 6) is -0.213. The Hall–Kier alpha value is -1.47. The maximum Gasteiger partial charge on any atom is 0.305 e. The number of carbonyl (C=O) groups excluding carboxylic acids is 1. The lowest BCUT2D eigenvalue weighted by Gasteiger charge is -2.17. The molecule has 110 valence electrons. The summed E-state index contributed by atoms with van der Waals surface area (Å²) in [6.07, 6.45) is 1.11. The van der Waals surface area contributed by atoms with Crippen molar-refractivity contribution < 1.29 is 14.5 Å². The van der Waals surface area contributed by atoms with Gasteiger partial charge in [-0.2, -0.15) is 0 Å². The highest BCUT2D eigenvalue weighted by molar-refractivity contribution is 9.10. The van der Waals surface area contributed by atoms with Crippen LogP contribution < -0.4 is 0 Å². The first-order chi connectivity index (χ1) is 9.43. The van der Waals surface area contributed by atoms with Gasteiger partial charge >= 0.3 is 5.97 Å². The van der Waals surface area contributed by atoms with Crippen LogP contribution >= 0.6 is 15.9 Å². The topological polar surface area (TPSA) is 72.7 Å². The molecular formula is C13H17BrN2O4. The van der Waals surface area contributed by atoms with E-state index in [0.29, 0.717) is 23.9 Å². The molecule has 0 aliphatic heterocycles. The van der Waals surface area contributed by atoms with Crippen molar-refractivity contribution in [2.75, 3.05) is 20.7 Å². The van der Waals surface area contributed by atoms with Crippen molar-refractivity contribution in [1.82, 2.24) is 4.90 Å². The van der Waals surface area contributed by atoms with E-state index >= 15 is 0 Å². The first kappa shape index (κ1) is 16.6. The van der Waals surface area contributed by atoms with Gasteiger partial charge in [0.25, 0.3) is 5.69 Å². The molecule has 0 amide bonds. The van der Waals surface area contributed by atoms with Crippen molar-refractivity contribution in [2.45, 2.75) is 19.4 Å². The van der Waals surface area contributed by atoms with Gasteiger partial charge in [0.05, 0.1) is 12.0 Å². The third-order valence-electron chi connectivity index (χ3n) is 2.84. The van der Waals surface area contributed by atoms with Gasteiger partial charge in [-0.05, 0) is 31.6 Å². The van der Waals surface area contributed by atoms with Crippen LogP contribution in [-0.2, 0) is 16.1 Å². The molecule has 0 heterocycles. The van der Waals surface area contributed by atoms with Crippen molar-refractivity contribution in [3.05, 3.63) is 38.3 Å². The highest BCUT2D eigenvalue weighted by Gasteiger charge is 2.11. The number of halogens is 1. The number of carbonyl (C=O) groups is 1. The van der Waals surface area contributed by atoms with Gasteiger partial charge in [0.2, 0.25) is 0 Å². The number of non-ortho nitro benzene ring substituents is 1. The lowest BCUT2D eigenvalue weighted by atomic mass is 10.2. The zero-order valence-electron chi connectivity index (χ0n) is 11.5. The van der Waals surface area contributed by atoms with Gasteiger partial charge in [-0.15, -0.1) is 0 Å². The van der Waals surface area contributed by atoms with E-state index in [9.17, 15) is 14.9 Å². The first-order valence-corrected chi connectivity index (χ1v) is 6.91. The molecule has 0 bridgehead atoms. The summed E-state index contributed by atoms with van der Waals surface area (Å²) >= 11 is 3.34. The normalized spacial score (nSPS) is 10.6. The number of ether oxygens (including phenoxy) is 1. The summed E-state index contributed by atoms with van der Waals surface area (Å²) in [5.41, 5.74) is 1.03. The SMILES string of the molecule is COC(=O)CCCN(C)Cc1ccc([N+](=O)[O-])cc1Br. The number of hydrogen-bond acceptors (Lipinski definition) is 5. The van der Waals surface area contributed by atoms with Crippen molar-refractivity contribution in [1.29, 1.82) is 0 Å². The number of benzene rings is 1. The zero-order chi connectivity index (χ0) is 15.1. The Morgan fingerprint density at radius 3 is 2.75 bits per heavy atom. The van der Waals surface area contributed by atoms with Gasteiger partial charge in [-0.3, -0.25) is 14.9 Å². The lowest BCUT2D eigenvalue weighted by Crippen LogP contribution is -2.20. The van der Waals surface area contributed by atoms with Crippen LogP contribution in [0.2, 0.25) is 0 Å². The Morgan fingerprint density at radius 2 is 2.20 bits per heavy atom. The van der Waals surface area contributed by atoms with Crippen LogP contribution in [0.15, 0.2) is 22.7 Å². The third-order valence-corrected chi connectivity index (χ3v) is 3.57. The summed E-state index contributed by atoms with van der Waals surface area (Å²) in [5, 5.41) is 10.7. The highest BCUT2D eigenvalue weighted by Crippen LogP contribution is 2.23. The molecule has 1 aromatic rings. The Bertz CT molecular complexity index is 493. The molecule has 7 heteroatoms. The molecule has 1 rings (SSSR count). The van der Waals surface area contributed by atoms with Crippen molar-refractivity contribution >= 4 is 27.6 Å². The van der Waals surface area contributed by atoms with Gasteiger partial charge in [0.15, 0.2) is 0 Å². The fourth-order valence-electron chi connectivity index (χ4n) is 1.74. The summed E-state index contributed by atoms with van der Waals surface area (Å²) < 4.78 is 5.29. The van der Waals surface area contributed by atoms with E-state index in [1.165, 1.54) is 19.2 Å². The molecule has 6 nitrogen and oxygen atoms in total. The predicted molar refractivity (Wildman–Crippen MR) is 78.4 cm³/mol. The molecule has 20 heavy (non-hydrogen) atoms. The molecule has 0 aliphatic carbocycles. The molecule has 0 saturated heterocycles. The standard InChI is InChI=1S/C13H17BrN2O4/c1-15(7-3-4-13(17)20-2)9-10-5-6-11(16(18)19)8-12(10)14/h5-6,8H,3-4,7,9H2,1-2H3. The van der Waals surface area contributed by atoms with E-state index in [4.69, 9.17) is 0 Å². The van der Waals surface area contributed by atoms with Crippen molar-refractivity contribution in [3.8, 4) is 0 Å². The van der Waals surface area contributed by atoms with Crippen molar-refractivity contribution in [3.63, 3.8) is 0 Å². The second-order valence-electron chi connectivity index (χ2n) is 4.45. The fraction of sp³-hybridized carbons (Fsp3) is 0.462. The maximum absolute atomic E-state index is 11.0. The van der Waals surface area contributed by atoms with Crippen LogP contribution in [0, 0.1) is 10.1 Å². The minimum absolute atomic E-state index is 0.0639. The summed E-state index contributed by atoms with van der Waals surface area (Å²) in [6, 6.07) is 4.72. The average Bonchev–Trinajstić information content (AvgIpc) is 2.40. The van der Waals surface area contributed by atoms with Gasteiger partial charge in [-0.1, -0.05) is 15.9 Å². The van der Waals surface area contributed by atoms with Gasteiger partial charge < -0.3 is 9.64 Å². The Balaban J connectivity index is 2.51. The molecular weight excluding hydrogens is 328 g/mol. The largest absolute Gasteiger partial charge is 0.469 e. The molecule has 0 aromatic heterocycles. The van der Waals surface area contributed by atoms with Crippen LogP contribution in [0.5, 0.6) is 0 Å². The second kappa shape index (κ2) is 7.96. The summed E-state index contributed by atoms with van der Waals surface area (Å²) in [7, 11) is 3.31. The molecule has 0 atom stereocenters. The molecule has 0 radical (unpaired) electrons. The van der Waals surface area contributed by atoms with Crippen LogP contribution in [0.1, 0.15) is 18.4 Å². The summed E-state index contributed by atoms with van der Waals surface area (Å²) in [4.78, 5) is 23.3. The van der Waals surface area contributed by atoms with E-state index in [-0.39, 0.29) is 11.7 Å². The predicted octanol–water partition coefficient (Wildman–Crippen LogP) is 2.74. The number of nitro groups is 1. The maximum atomic E-state index is 11.0.